The minimum Gasteiger partial charge on any atom is -0.454 e. The van der Waals surface area contributed by atoms with Crippen LogP contribution < -0.4 is 15.2 Å². The molecule has 1 aliphatic heterocycles. The molecule has 0 fully saturated rings. The number of aryl methyl sites for hydroxylation is 1. The highest BCUT2D eigenvalue weighted by Crippen LogP contribution is 2.42. The van der Waals surface area contributed by atoms with Gasteiger partial charge in [0.05, 0.1) is 0 Å². The van der Waals surface area contributed by atoms with Crippen molar-refractivity contribution in [2.75, 3.05) is 13.3 Å². The third-order valence-corrected chi connectivity index (χ3v) is 3.08. The molecule has 2 rings (SSSR count). The molecular weight excluding hydrogens is 190 g/mol. The Morgan fingerprint density at radius 2 is 2.13 bits per heavy atom. The monoisotopic (exact) mass is 207 g/mol. The summed E-state index contributed by atoms with van der Waals surface area (Å²) >= 11 is 0. The third-order valence-electron chi connectivity index (χ3n) is 3.08. The number of benzene rings is 1. The lowest BCUT2D eigenvalue weighted by Gasteiger charge is -2.17. The van der Waals surface area contributed by atoms with Gasteiger partial charge in [0.1, 0.15) is 0 Å². The zero-order chi connectivity index (χ0) is 11.0. The van der Waals surface area contributed by atoms with Crippen molar-refractivity contribution in [3.05, 3.63) is 22.8 Å². The van der Waals surface area contributed by atoms with E-state index >= 15 is 0 Å². The van der Waals surface area contributed by atoms with Crippen LogP contribution in [0, 0.1) is 13.8 Å². The fraction of sp³-hybridized carbons (Fsp3) is 0.500. The molecule has 0 aromatic heterocycles. The Labute approximate surface area is 90.2 Å². The molecule has 1 aromatic carbocycles. The van der Waals surface area contributed by atoms with E-state index in [2.05, 4.69) is 20.8 Å². The molecule has 3 heteroatoms. The molecule has 0 saturated heterocycles. The number of ether oxygens (including phenoxy) is 2. The van der Waals surface area contributed by atoms with Gasteiger partial charge in [0.15, 0.2) is 11.5 Å². The van der Waals surface area contributed by atoms with Crippen molar-refractivity contribution >= 4 is 0 Å². The van der Waals surface area contributed by atoms with Crippen molar-refractivity contribution in [3.63, 3.8) is 0 Å². The Morgan fingerprint density at radius 3 is 2.80 bits per heavy atom. The van der Waals surface area contributed by atoms with Gasteiger partial charge < -0.3 is 15.2 Å². The van der Waals surface area contributed by atoms with E-state index in [0.717, 1.165) is 11.5 Å². The first-order valence-electron chi connectivity index (χ1n) is 5.25. The minimum atomic E-state index is 0.306. The van der Waals surface area contributed by atoms with Crippen molar-refractivity contribution in [2.24, 2.45) is 5.73 Å². The predicted octanol–water partition coefficient (Wildman–Crippen LogP) is 2.09. The van der Waals surface area contributed by atoms with Crippen LogP contribution >= 0.6 is 0 Å². The van der Waals surface area contributed by atoms with Crippen LogP contribution in [0.1, 0.15) is 29.5 Å². The normalized spacial score (nSPS) is 15.5. The molecule has 0 amide bonds. The summed E-state index contributed by atoms with van der Waals surface area (Å²) in [6.45, 7) is 7.26. The van der Waals surface area contributed by atoms with E-state index in [0.29, 0.717) is 19.3 Å². The van der Waals surface area contributed by atoms with Crippen LogP contribution in [-0.4, -0.2) is 13.3 Å². The summed E-state index contributed by atoms with van der Waals surface area (Å²) in [5.74, 6) is 2.05. The number of hydrogen-bond donors (Lipinski definition) is 1. The molecular formula is C12H17NO2. The van der Waals surface area contributed by atoms with Gasteiger partial charge >= 0.3 is 0 Å². The molecule has 0 radical (unpaired) electrons. The zero-order valence-corrected chi connectivity index (χ0v) is 9.46. The second-order valence-electron chi connectivity index (χ2n) is 4.10. The van der Waals surface area contributed by atoms with Crippen molar-refractivity contribution in [2.45, 2.75) is 26.7 Å². The van der Waals surface area contributed by atoms with Gasteiger partial charge in [-0.1, -0.05) is 6.92 Å². The van der Waals surface area contributed by atoms with Gasteiger partial charge in [-0.15, -0.1) is 0 Å². The van der Waals surface area contributed by atoms with Crippen LogP contribution in [-0.2, 0) is 0 Å². The van der Waals surface area contributed by atoms with Gasteiger partial charge in [-0.05, 0) is 43.5 Å². The highest BCUT2D eigenvalue weighted by atomic mass is 16.7. The van der Waals surface area contributed by atoms with Crippen LogP contribution in [0.15, 0.2) is 6.07 Å². The van der Waals surface area contributed by atoms with E-state index in [4.69, 9.17) is 15.2 Å². The van der Waals surface area contributed by atoms with Crippen LogP contribution in [0.3, 0.4) is 0 Å². The summed E-state index contributed by atoms with van der Waals surface area (Å²) in [6.07, 6.45) is 0. The maximum absolute atomic E-state index is 5.72. The van der Waals surface area contributed by atoms with Gasteiger partial charge in [0.25, 0.3) is 0 Å². The summed E-state index contributed by atoms with van der Waals surface area (Å²) in [5.41, 5.74) is 9.41. The Bertz CT molecular complexity index is 388. The molecule has 0 bridgehead atoms. The SMILES string of the molecule is Cc1cc2c(c(C(C)CN)c1C)OCO2. The third kappa shape index (κ3) is 1.57. The number of hydrogen-bond acceptors (Lipinski definition) is 3. The summed E-state index contributed by atoms with van der Waals surface area (Å²) in [4.78, 5) is 0. The van der Waals surface area contributed by atoms with Crippen molar-refractivity contribution in [3.8, 4) is 11.5 Å². The molecule has 0 aliphatic carbocycles. The summed E-state index contributed by atoms with van der Waals surface area (Å²) in [6, 6.07) is 2.03. The van der Waals surface area contributed by atoms with Gasteiger partial charge in [0.2, 0.25) is 6.79 Å². The first-order valence-corrected chi connectivity index (χ1v) is 5.25. The van der Waals surface area contributed by atoms with Crippen molar-refractivity contribution < 1.29 is 9.47 Å². The van der Waals surface area contributed by atoms with E-state index in [1.807, 2.05) is 6.07 Å². The Hall–Kier alpha value is -1.22. The lowest BCUT2D eigenvalue weighted by Crippen LogP contribution is -2.11. The second kappa shape index (κ2) is 3.74. The zero-order valence-electron chi connectivity index (χ0n) is 9.46. The minimum absolute atomic E-state index is 0.306. The molecule has 1 unspecified atom stereocenters. The molecule has 1 atom stereocenters. The lowest BCUT2D eigenvalue weighted by molar-refractivity contribution is 0.173. The molecule has 0 spiro atoms. The smallest absolute Gasteiger partial charge is 0.231 e. The molecule has 0 saturated carbocycles. The molecule has 15 heavy (non-hydrogen) atoms. The lowest BCUT2D eigenvalue weighted by atomic mass is 9.92. The van der Waals surface area contributed by atoms with E-state index in [1.54, 1.807) is 0 Å². The maximum atomic E-state index is 5.72. The summed E-state index contributed by atoms with van der Waals surface area (Å²) < 4.78 is 10.9. The average molecular weight is 207 g/mol. The first kappa shape index (κ1) is 10.3. The van der Waals surface area contributed by atoms with Crippen molar-refractivity contribution in [1.82, 2.24) is 0 Å². The van der Waals surface area contributed by atoms with Crippen LogP contribution in [0.5, 0.6) is 11.5 Å². The summed E-state index contributed by atoms with van der Waals surface area (Å²) in [7, 11) is 0. The number of nitrogens with two attached hydrogens (primary N) is 1. The van der Waals surface area contributed by atoms with Gasteiger partial charge in [0, 0.05) is 5.56 Å². The Kier molecular flexibility index (Phi) is 2.57. The van der Waals surface area contributed by atoms with E-state index in [1.165, 1.54) is 16.7 Å². The highest BCUT2D eigenvalue weighted by Gasteiger charge is 2.23. The van der Waals surface area contributed by atoms with Gasteiger partial charge in [-0.3, -0.25) is 0 Å². The first-order chi connectivity index (χ1) is 7.15. The summed E-state index contributed by atoms with van der Waals surface area (Å²) in [5, 5.41) is 0. The van der Waals surface area contributed by atoms with E-state index < -0.39 is 0 Å². The average Bonchev–Trinajstić information content (AvgIpc) is 2.66. The Balaban J connectivity index is 2.60. The number of fused-ring (bicyclic) bond motifs is 1. The molecule has 1 aromatic rings. The molecule has 2 N–H and O–H groups in total. The molecule has 82 valence electrons. The van der Waals surface area contributed by atoms with Crippen molar-refractivity contribution in [1.29, 1.82) is 0 Å². The van der Waals surface area contributed by atoms with Gasteiger partial charge in [-0.25, -0.2) is 0 Å². The largest absolute Gasteiger partial charge is 0.454 e. The van der Waals surface area contributed by atoms with E-state index in [-0.39, 0.29) is 0 Å². The number of rotatable bonds is 2. The predicted molar refractivity (Wildman–Crippen MR) is 59.5 cm³/mol. The standard InChI is InChI=1S/C12H17NO2/c1-7-4-10-12(15-6-14-10)11(9(7)3)8(2)5-13/h4,8H,5-6,13H2,1-3H3. The second-order valence-corrected chi connectivity index (χ2v) is 4.10. The van der Waals surface area contributed by atoms with Gasteiger partial charge in [-0.2, -0.15) is 0 Å². The van der Waals surface area contributed by atoms with Crippen LogP contribution in [0.2, 0.25) is 0 Å². The fourth-order valence-corrected chi connectivity index (χ4v) is 2.01. The maximum Gasteiger partial charge on any atom is 0.231 e. The highest BCUT2D eigenvalue weighted by molar-refractivity contribution is 5.56. The van der Waals surface area contributed by atoms with E-state index in [9.17, 15) is 0 Å². The Morgan fingerprint density at radius 1 is 1.40 bits per heavy atom. The van der Waals surface area contributed by atoms with Crippen LogP contribution in [0.25, 0.3) is 0 Å². The fourth-order valence-electron chi connectivity index (χ4n) is 2.01. The quantitative estimate of drug-likeness (QED) is 0.807. The molecule has 1 aliphatic rings. The molecule has 3 nitrogen and oxygen atoms in total. The topological polar surface area (TPSA) is 44.5 Å². The van der Waals surface area contributed by atoms with Crippen LogP contribution in [0.4, 0.5) is 0 Å². The molecule has 1 heterocycles.